The van der Waals surface area contributed by atoms with Crippen LogP contribution in [0.2, 0.25) is 5.02 Å². The van der Waals surface area contributed by atoms with Crippen LogP contribution in [0.5, 0.6) is 5.75 Å². The van der Waals surface area contributed by atoms with Gasteiger partial charge in [0.2, 0.25) is 5.91 Å². The Labute approximate surface area is 169 Å². The summed E-state index contributed by atoms with van der Waals surface area (Å²) in [6.07, 6.45) is 0.668. The van der Waals surface area contributed by atoms with Crippen molar-refractivity contribution in [2.75, 3.05) is 37.7 Å². The smallest absolute Gasteiger partial charge is 0.229 e. The summed E-state index contributed by atoms with van der Waals surface area (Å²) in [5.74, 6) is 0.886. The van der Waals surface area contributed by atoms with E-state index in [1.54, 1.807) is 6.92 Å². The predicted molar refractivity (Wildman–Crippen MR) is 109 cm³/mol. The largest absolute Gasteiger partial charge is 0.492 e. The summed E-state index contributed by atoms with van der Waals surface area (Å²) in [6.45, 7) is 4.92. The summed E-state index contributed by atoms with van der Waals surface area (Å²) < 4.78 is 5.78. The fourth-order valence-electron chi connectivity index (χ4n) is 3.87. The van der Waals surface area contributed by atoms with E-state index >= 15 is 0 Å². The highest BCUT2D eigenvalue weighted by molar-refractivity contribution is 6.30. The fraction of sp³-hybridized carbons (Fsp3) is 0.364. The monoisotopic (exact) mass is 398 g/mol. The molecule has 0 aromatic heterocycles. The second-order valence-corrected chi connectivity index (χ2v) is 7.82. The van der Waals surface area contributed by atoms with Crippen LogP contribution >= 0.6 is 11.6 Å². The number of fused-ring (bicyclic) bond motifs is 1. The highest BCUT2D eigenvalue weighted by Gasteiger charge is 2.31. The van der Waals surface area contributed by atoms with Crippen molar-refractivity contribution in [2.45, 2.75) is 13.3 Å². The summed E-state index contributed by atoms with van der Waals surface area (Å²) in [5.41, 5.74) is 2.80. The maximum atomic E-state index is 13.0. The second kappa shape index (κ2) is 7.84. The molecule has 1 amide bonds. The minimum Gasteiger partial charge on any atom is -0.492 e. The van der Waals surface area contributed by atoms with Crippen LogP contribution in [-0.4, -0.2) is 49.4 Å². The van der Waals surface area contributed by atoms with Crippen LogP contribution in [0.15, 0.2) is 42.5 Å². The Morgan fingerprint density at radius 3 is 2.43 bits per heavy atom. The molecule has 2 aromatic carbocycles. The molecule has 1 saturated heterocycles. The summed E-state index contributed by atoms with van der Waals surface area (Å²) in [5, 5.41) is 0.667. The number of anilines is 1. The van der Waals surface area contributed by atoms with Gasteiger partial charge in [0.1, 0.15) is 12.4 Å². The SMILES string of the molecule is CC(=O)c1ccc(N2CCN(C(=O)[C@@H]3COc4ccc(Cl)cc4C3)CC2)cc1. The number of Topliss-reactive ketones (excluding diaryl/α,β-unsaturated/α-hetero) is 1. The van der Waals surface area contributed by atoms with E-state index in [1.165, 1.54) is 0 Å². The van der Waals surface area contributed by atoms with Crippen molar-refractivity contribution >= 4 is 29.0 Å². The molecule has 1 fully saturated rings. The number of piperazine rings is 1. The molecule has 5 nitrogen and oxygen atoms in total. The number of hydrogen-bond acceptors (Lipinski definition) is 4. The van der Waals surface area contributed by atoms with Gasteiger partial charge in [-0.15, -0.1) is 0 Å². The Hall–Kier alpha value is -2.53. The van der Waals surface area contributed by atoms with E-state index < -0.39 is 0 Å². The lowest BCUT2D eigenvalue weighted by atomic mass is 9.95. The highest BCUT2D eigenvalue weighted by Crippen LogP contribution is 2.30. The number of amides is 1. The second-order valence-electron chi connectivity index (χ2n) is 7.38. The first-order valence-corrected chi connectivity index (χ1v) is 9.95. The van der Waals surface area contributed by atoms with Crippen LogP contribution in [0.4, 0.5) is 5.69 Å². The molecule has 1 atom stereocenters. The van der Waals surface area contributed by atoms with Crippen molar-refractivity contribution in [1.82, 2.24) is 4.90 Å². The average molecular weight is 399 g/mol. The van der Waals surface area contributed by atoms with Gasteiger partial charge in [-0.3, -0.25) is 9.59 Å². The van der Waals surface area contributed by atoms with Crippen molar-refractivity contribution in [3.8, 4) is 5.75 Å². The normalized spacial score (nSPS) is 19.0. The molecule has 6 heteroatoms. The number of rotatable bonds is 3. The first-order valence-electron chi connectivity index (χ1n) is 9.57. The zero-order chi connectivity index (χ0) is 19.7. The first-order chi connectivity index (χ1) is 13.5. The van der Waals surface area contributed by atoms with Crippen molar-refractivity contribution in [3.05, 3.63) is 58.6 Å². The van der Waals surface area contributed by atoms with E-state index in [1.807, 2.05) is 47.4 Å². The van der Waals surface area contributed by atoms with Crippen LogP contribution < -0.4 is 9.64 Å². The van der Waals surface area contributed by atoms with E-state index in [2.05, 4.69) is 4.90 Å². The molecule has 0 N–H and O–H groups in total. The first kappa shape index (κ1) is 18.8. The Morgan fingerprint density at radius 2 is 1.75 bits per heavy atom. The molecular formula is C22H23ClN2O3. The topological polar surface area (TPSA) is 49.9 Å². The van der Waals surface area contributed by atoms with Crippen molar-refractivity contribution in [3.63, 3.8) is 0 Å². The molecular weight excluding hydrogens is 376 g/mol. The maximum Gasteiger partial charge on any atom is 0.229 e. The average Bonchev–Trinajstić information content (AvgIpc) is 2.73. The highest BCUT2D eigenvalue weighted by atomic mass is 35.5. The molecule has 0 bridgehead atoms. The molecule has 28 heavy (non-hydrogen) atoms. The van der Waals surface area contributed by atoms with E-state index in [-0.39, 0.29) is 17.6 Å². The number of carbonyl (C=O) groups is 2. The van der Waals surface area contributed by atoms with Gasteiger partial charge in [-0.2, -0.15) is 0 Å². The Morgan fingerprint density at radius 1 is 1.04 bits per heavy atom. The third-order valence-corrected chi connectivity index (χ3v) is 5.74. The standard InChI is InChI=1S/C22H23ClN2O3/c1-15(26)16-2-5-20(6-3-16)24-8-10-25(11-9-24)22(27)18-12-17-13-19(23)4-7-21(17)28-14-18/h2-7,13,18H,8-12,14H2,1H3/t18-/m0/s1. The molecule has 0 saturated carbocycles. The lowest BCUT2D eigenvalue weighted by molar-refractivity contribution is -0.137. The molecule has 0 radical (unpaired) electrons. The number of ketones is 1. The van der Waals surface area contributed by atoms with Crippen LogP contribution in [0.1, 0.15) is 22.8 Å². The minimum atomic E-state index is -0.160. The number of nitrogens with zero attached hydrogens (tertiary/aromatic N) is 2. The summed E-state index contributed by atoms with van der Waals surface area (Å²) in [4.78, 5) is 28.6. The van der Waals surface area contributed by atoms with Gasteiger partial charge in [-0.1, -0.05) is 11.6 Å². The van der Waals surface area contributed by atoms with Crippen LogP contribution in [0, 0.1) is 5.92 Å². The van der Waals surface area contributed by atoms with Gasteiger partial charge >= 0.3 is 0 Å². The van der Waals surface area contributed by atoms with Gasteiger partial charge in [0.15, 0.2) is 5.78 Å². The Balaban J connectivity index is 1.36. The van der Waals surface area contributed by atoms with Crippen molar-refractivity contribution in [1.29, 1.82) is 0 Å². The van der Waals surface area contributed by atoms with E-state index in [4.69, 9.17) is 16.3 Å². The lowest BCUT2D eigenvalue weighted by Crippen LogP contribution is -2.51. The molecule has 146 valence electrons. The molecule has 0 aliphatic carbocycles. The third kappa shape index (κ3) is 3.85. The molecule has 4 rings (SSSR count). The molecule has 2 heterocycles. The summed E-state index contributed by atoms with van der Waals surface area (Å²) >= 11 is 6.08. The zero-order valence-corrected chi connectivity index (χ0v) is 16.6. The van der Waals surface area contributed by atoms with Crippen LogP contribution in [0.25, 0.3) is 0 Å². The number of benzene rings is 2. The fourth-order valence-corrected chi connectivity index (χ4v) is 4.07. The number of halogens is 1. The number of carbonyl (C=O) groups excluding carboxylic acids is 2. The molecule has 0 spiro atoms. The molecule has 0 unspecified atom stereocenters. The van der Waals surface area contributed by atoms with Gasteiger partial charge in [0.25, 0.3) is 0 Å². The quantitative estimate of drug-likeness (QED) is 0.743. The van der Waals surface area contributed by atoms with E-state index in [0.717, 1.165) is 35.7 Å². The van der Waals surface area contributed by atoms with Crippen LogP contribution in [-0.2, 0) is 11.2 Å². The van der Waals surface area contributed by atoms with Crippen LogP contribution in [0.3, 0.4) is 0 Å². The predicted octanol–water partition coefficient (Wildman–Crippen LogP) is 3.44. The van der Waals surface area contributed by atoms with Gasteiger partial charge < -0.3 is 14.5 Å². The molecule has 2 aliphatic heterocycles. The van der Waals surface area contributed by atoms with E-state index in [9.17, 15) is 9.59 Å². The maximum absolute atomic E-state index is 13.0. The molecule has 2 aromatic rings. The summed E-state index contributed by atoms with van der Waals surface area (Å²) in [6, 6.07) is 13.2. The van der Waals surface area contributed by atoms with Crippen molar-refractivity contribution in [2.24, 2.45) is 5.92 Å². The minimum absolute atomic E-state index is 0.0690. The summed E-state index contributed by atoms with van der Waals surface area (Å²) in [7, 11) is 0. The van der Waals surface area contributed by atoms with Gasteiger partial charge in [-0.05, 0) is 61.4 Å². The number of hydrogen-bond donors (Lipinski definition) is 0. The van der Waals surface area contributed by atoms with E-state index in [0.29, 0.717) is 31.1 Å². The van der Waals surface area contributed by atoms with Crippen molar-refractivity contribution < 1.29 is 14.3 Å². The van der Waals surface area contributed by atoms with Gasteiger partial charge in [-0.25, -0.2) is 0 Å². The number of ether oxygens (including phenoxy) is 1. The lowest BCUT2D eigenvalue weighted by Gasteiger charge is -2.38. The Bertz CT molecular complexity index is 889. The van der Waals surface area contributed by atoms with Gasteiger partial charge in [0.05, 0.1) is 5.92 Å². The third-order valence-electron chi connectivity index (χ3n) is 5.51. The molecule has 2 aliphatic rings. The van der Waals surface area contributed by atoms with Gasteiger partial charge in [0, 0.05) is 42.5 Å². The Kier molecular flexibility index (Phi) is 5.27. The zero-order valence-electron chi connectivity index (χ0n) is 15.9.